The molecule has 1 aromatic rings. The van der Waals surface area contributed by atoms with Crippen LogP contribution < -0.4 is 10.6 Å². The summed E-state index contributed by atoms with van der Waals surface area (Å²) in [6.07, 6.45) is 1.73. The third-order valence-corrected chi connectivity index (χ3v) is 2.33. The molecule has 7 heteroatoms. The van der Waals surface area contributed by atoms with Crippen LogP contribution in [-0.2, 0) is 11.8 Å². The molecule has 0 atom stereocenters. The molecule has 1 amide bonds. The lowest BCUT2D eigenvalue weighted by atomic mass is 10.2. The lowest BCUT2D eigenvalue weighted by molar-refractivity contribution is 0.0953. The lowest BCUT2D eigenvalue weighted by Crippen LogP contribution is -2.33. The molecule has 0 unspecified atom stereocenters. The van der Waals surface area contributed by atoms with Gasteiger partial charge in [-0.15, -0.1) is 12.4 Å². The number of amides is 1. The number of aryl methyl sites for hydroxylation is 2. The van der Waals surface area contributed by atoms with Gasteiger partial charge in [0.2, 0.25) is 0 Å². The number of aromatic nitrogens is 2. The number of ether oxygens (including phenoxy) is 1. The van der Waals surface area contributed by atoms with Gasteiger partial charge in [-0.3, -0.25) is 9.48 Å². The van der Waals surface area contributed by atoms with Crippen molar-refractivity contribution in [3.8, 4) is 0 Å². The Morgan fingerprint density at radius 3 is 2.72 bits per heavy atom. The van der Waals surface area contributed by atoms with Crippen molar-refractivity contribution >= 4 is 18.3 Å². The predicted octanol–water partition coefficient (Wildman–Crippen LogP) is 0.116. The summed E-state index contributed by atoms with van der Waals surface area (Å²) in [7, 11) is 3.46. The van der Waals surface area contributed by atoms with E-state index in [1.165, 1.54) is 0 Å². The first-order chi connectivity index (χ1) is 8.15. The van der Waals surface area contributed by atoms with E-state index in [9.17, 15) is 4.79 Å². The molecule has 0 bridgehead atoms. The van der Waals surface area contributed by atoms with Crippen molar-refractivity contribution in [1.29, 1.82) is 0 Å². The highest BCUT2D eigenvalue weighted by Gasteiger charge is 2.11. The Morgan fingerprint density at radius 2 is 2.17 bits per heavy atom. The largest absolute Gasteiger partial charge is 0.383 e. The monoisotopic (exact) mass is 276 g/mol. The molecular formula is C11H21ClN4O2. The number of nitrogens with zero attached hydrogens (tertiary/aromatic N) is 2. The maximum Gasteiger partial charge on any atom is 0.254 e. The molecule has 0 aromatic carbocycles. The molecule has 6 nitrogen and oxygen atoms in total. The quantitative estimate of drug-likeness (QED) is 0.694. The maximum absolute atomic E-state index is 11.8. The Morgan fingerprint density at radius 1 is 1.44 bits per heavy atom. The van der Waals surface area contributed by atoms with Crippen molar-refractivity contribution in [1.82, 2.24) is 20.4 Å². The average Bonchev–Trinajstić information content (AvgIpc) is 2.62. The molecule has 1 heterocycles. The van der Waals surface area contributed by atoms with E-state index in [1.54, 1.807) is 25.0 Å². The van der Waals surface area contributed by atoms with E-state index in [-0.39, 0.29) is 18.3 Å². The highest BCUT2D eigenvalue weighted by molar-refractivity contribution is 5.94. The molecule has 1 rings (SSSR count). The number of nitrogens with one attached hydrogen (secondary N) is 2. The van der Waals surface area contributed by atoms with Gasteiger partial charge < -0.3 is 15.4 Å². The predicted molar refractivity (Wildman–Crippen MR) is 72.3 cm³/mol. The molecule has 0 fully saturated rings. The number of hydrogen-bond acceptors (Lipinski definition) is 4. The summed E-state index contributed by atoms with van der Waals surface area (Å²) < 4.78 is 6.54. The van der Waals surface area contributed by atoms with Crippen LogP contribution in [0.1, 0.15) is 16.1 Å². The smallest absolute Gasteiger partial charge is 0.254 e. The lowest BCUT2D eigenvalue weighted by Gasteiger charge is -2.05. The number of carbonyl (C=O) groups excluding carboxylic acids is 1. The maximum atomic E-state index is 11.8. The van der Waals surface area contributed by atoms with Crippen LogP contribution in [-0.4, -0.2) is 49.0 Å². The van der Waals surface area contributed by atoms with Gasteiger partial charge in [0.05, 0.1) is 17.9 Å². The summed E-state index contributed by atoms with van der Waals surface area (Å²) in [6.45, 7) is 4.62. The van der Waals surface area contributed by atoms with Gasteiger partial charge in [-0.2, -0.15) is 5.10 Å². The number of halogens is 1. The Kier molecular flexibility index (Phi) is 8.36. The molecule has 0 aliphatic heterocycles. The molecule has 0 spiro atoms. The van der Waals surface area contributed by atoms with Crippen LogP contribution in [0.15, 0.2) is 6.20 Å². The van der Waals surface area contributed by atoms with Crippen molar-refractivity contribution in [3.63, 3.8) is 0 Å². The number of hydrogen-bond donors (Lipinski definition) is 2. The van der Waals surface area contributed by atoms with Gasteiger partial charge in [0.25, 0.3) is 5.91 Å². The second-order valence-corrected chi connectivity index (χ2v) is 3.80. The van der Waals surface area contributed by atoms with Crippen molar-refractivity contribution in [2.75, 3.05) is 33.4 Å². The van der Waals surface area contributed by atoms with Crippen LogP contribution in [0.2, 0.25) is 0 Å². The van der Waals surface area contributed by atoms with Crippen molar-refractivity contribution in [2.45, 2.75) is 6.92 Å². The molecule has 0 saturated heterocycles. The summed E-state index contributed by atoms with van der Waals surface area (Å²) in [5.41, 5.74) is 1.38. The minimum atomic E-state index is -0.0795. The fourth-order valence-corrected chi connectivity index (χ4v) is 1.48. The standard InChI is InChI=1S/C11H20N4O2.ClH/c1-9-10(8-15(2)14-9)11(16)13-5-4-12-6-7-17-3;/h8,12H,4-7H2,1-3H3,(H,13,16);1H. The van der Waals surface area contributed by atoms with Gasteiger partial charge in [-0.1, -0.05) is 0 Å². The van der Waals surface area contributed by atoms with Crippen LogP contribution in [0, 0.1) is 6.92 Å². The topological polar surface area (TPSA) is 68.2 Å². The highest BCUT2D eigenvalue weighted by Crippen LogP contribution is 2.03. The van der Waals surface area contributed by atoms with Gasteiger partial charge in [0.1, 0.15) is 0 Å². The number of methoxy groups -OCH3 is 1. The van der Waals surface area contributed by atoms with Crippen LogP contribution in [0.25, 0.3) is 0 Å². The van der Waals surface area contributed by atoms with Crippen molar-refractivity contribution < 1.29 is 9.53 Å². The van der Waals surface area contributed by atoms with Gasteiger partial charge in [0, 0.05) is 40.0 Å². The Hall–Kier alpha value is -1.11. The van der Waals surface area contributed by atoms with E-state index < -0.39 is 0 Å². The minimum absolute atomic E-state index is 0. The zero-order valence-corrected chi connectivity index (χ0v) is 11.8. The van der Waals surface area contributed by atoms with Gasteiger partial charge >= 0.3 is 0 Å². The second kappa shape index (κ2) is 8.91. The Balaban J connectivity index is 0.00000289. The van der Waals surface area contributed by atoms with Crippen LogP contribution in [0.4, 0.5) is 0 Å². The van der Waals surface area contributed by atoms with E-state index >= 15 is 0 Å². The molecule has 0 aliphatic rings. The van der Waals surface area contributed by atoms with Gasteiger partial charge in [0.15, 0.2) is 0 Å². The van der Waals surface area contributed by atoms with E-state index in [2.05, 4.69) is 15.7 Å². The first-order valence-electron chi connectivity index (χ1n) is 5.63. The molecule has 2 N–H and O–H groups in total. The van der Waals surface area contributed by atoms with E-state index in [4.69, 9.17) is 4.74 Å². The number of carbonyl (C=O) groups is 1. The summed E-state index contributed by atoms with van der Waals surface area (Å²) in [5, 5.41) is 10.1. The van der Waals surface area contributed by atoms with E-state index in [0.29, 0.717) is 18.7 Å². The van der Waals surface area contributed by atoms with Crippen LogP contribution in [0.5, 0.6) is 0 Å². The first-order valence-corrected chi connectivity index (χ1v) is 5.63. The third-order valence-electron chi connectivity index (χ3n) is 2.33. The van der Waals surface area contributed by atoms with Crippen molar-refractivity contribution in [3.05, 3.63) is 17.5 Å². The highest BCUT2D eigenvalue weighted by atomic mass is 35.5. The molecule has 1 aromatic heterocycles. The zero-order valence-electron chi connectivity index (χ0n) is 11.0. The van der Waals surface area contributed by atoms with E-state index in [0.717, 1.165) is 18.8 Å². The SMILES string of the molecule is COCCNCCNC(=O)c1cn(C)nc1C.Cl. The van der Waals surface area contributed by atoms with Crippen LogP contribution >= 0.6 is 12.4 Å². The third kappa shape index (κ3) is 5.48. The molecule has 104 valence electrons. The summed E-state index contributed by atoms with van der Waals surface area (Å²) in [5.74, 6) is -0.0795. The first kappa shape index (κ1) is 16.9. The number of rotatable bonds is 7. The fraction of sp³-hybridized carbons (Fsp3) is 0.636. The molecule has 0 aliphatic carbocycles. The van der Waals surface area contributed by atoms with Crippen LogP contribution in [0.3, 0.4) is 0 Å². The van der Waals surface area contributed by atoms with Gasteiger partial charge in [-0.05, 0) is 6.92 Å². The molecule has 0 saturated carbocycles. The average molecular weight is 277 g/mol. The Bertz CT molecular complexity index is 368. The normalized spacial score (nSPS) is 9.94. The molecule has 0 radical (unpaired) electrons. The molecule has 18 heavy (non-hydrogen) atoms. The summed E-state index contributed by atoms with van der Waals surface area (Å²) in [6, 6.07) is 0. The van der Waals surface area contributed by atoms with Gasteiger partial charge in [-0.25, -0.2) is 0 Å². The van der Waals surface area contributed by atoms with E-state index in [1.807, 2.05) is 6.92 Å². The fourth-order valence-electron chi connectivity index (χ4n) is 1.48. The zero-order chi connectivity index (χ0) is 12.7. The molecular weight excluding hydrogens is 256 g/mol. The summed E-state index contributed by atoms with van der Waals surface area (Å²) >= 11 is 0. The Labute approximate surface area is 113 Å². The summed E-state index contributed by atoms with van der Waals surface area (Å²) in [4.78, 5) is 11.8. The second-order valence-electron chi connectivity index (χ2n) is 3.80. The minimum Gasteiger partial charge on any atom is -0.383 e. The van der Waals surface area contributed by atoms with Crippen molar-refractivity contribution in [2.24, 2.45) is 7.05 Å².